The van der Waals surface area contributed by atoms with E-state index in [0.717, 1.165) is 4.90 Å². The van der Waals surface area contributed by atoms with Crippen LogP contribution in [0.2, 0.25) is 0 Å². The summed E-state index contributed by atoms with van der Waals surface area (Å²) < 4.78 is 0. The van der Waals surface area contributed by atoms with Crippen LogP contribution >= 0.6 is 0 Å². The number of carboxylic acid groups (broad SMARTS) is 1. The Bertz CT molecular complexity index is 263. The first-order chi connectivity index (χ1) is 5.70. The minimum absolute atomic E-state index is 0.267. The fourth-order valence-corrected chi connectivity index (χ4v) is 0.722. The van der Waals surface area contributed by atoms with Crippen LogP contribution in [0.1, 0.15) is 5.69 Å². The molecule has 1 heterocycles. The second kappa shape index (κ2) is 3.66. The smallest absolute Gasteiger partial charge is 0.407 e. The summed E-state index contributed by atoms with van der Waals surface area (Å²) in [7, 11) is 1.48. The number of rotatable bonds is 2. The lowest BCUT2D eigenvalue weighted by Crippen LogP contribution is -2.24. The zero-order valence-corrected chi connectivity index (χ0v) is 6.64. The van der Waals surface area contributed by atoms with Crippen molar-refractivity contribution < 1.29 is 9.90 Å². The molecule has 1 N–H and O–H groups in total. The summed E-state index contributed by atoms with van der Waals surface area (Å²) in [6.45, 7) is 0.267. The summed E-state index contributed by atoms with van der Waals surface area (Å²) in [6, 6.07) is 0. The van der Waals surface area contributed by atoms with Crippen LogP contribution in [0.3, 0.4) is 0 Å². The molecule has 0 bridgehead atoms. The van der Waals surface area contributed by atoms with Gasteiger partial charge in [0.25, 0.3) is 0 Å². The Balaban J connectivity index is 2.58. The van der Waals surface area contributed by atoms with E-state index in [9.17, 15) is 4.79 Å². The molecule has 0 fully saturated rings. The van der Waals surface area contributed by atoms with Crippen molar-refractivity contribution in [3.05, 3.63) is 24.3 Å². The van der Waals surface area contributed by atoms with Crippen LogP contribution in [0.25, 0.3) is 0 Å². The molecule has 0 saturated heterocycles. The molecule has 0 aliphatic rings. The van der Waals surface area contributed by atoms with Gasteiger partial charge in [0.1, 0.15) is 0 Å². The summed E-state index contributed by atoms with van der Waals surface area (Å²) in [5, 5.41) is 8.52. The molecule has 0 radical (unpaired) electrons. The van der Waals surface area contributed by atoms with Crippen LogP contribution in [-0.4, -0.2) is 33.1 Å². The summed E-state index contributed by atoms with van der Waals surface area (Å²) in [4.78, 5) is 19.3. The Hall–Kier alpha value is -1.65. The SMILES string of the molecule is CN(Cc1cnccn1)C(=O)O. The van der Waals surface area contributed by atoms with Gasteiger partial charge in [0, 0.05) is 19.4 Å². The Morgan fingerprint density at radius 2 is 2.42 bits per heavy atom. The van der Waals surface area contributed by atoms with Crippen molar-refractivity contribution in [1.29, 1.82) is 0 Å². The van der Waals surface area contributed by atoms with E-state index in [1.54, 1.807) is 12.4 Å². The molecule has 1 rings (SSSR count). The van der Waals surface area contributed by atoms with Crippen LogP contribution in [-0.2, 0) is 6.54 Å². The fraction of sp³-hybridized carbons (Fsp3) is 0.286. The Labute approximate surface area is 69.7 Å². The molecule has 1 aromatic heterocycles. The van der Waals surface area contributed by atoms with Gasteiger partial charge in [-0.05, 0) is 0 Å². The number of nitrogens with zero attached hydrogens (tertiary/aromatic N) is 3. The summed E-state index contributed by atoms with van der Waals surface area (Å²) in [6.07, 6.45) is 3.65. The van der Waals surface area contributed by atoms with Crippen molar-refractivity contribution in [2.75, 3.05) is 7.05 Å². The van der Waals surface area contributed by atoms with E-state index in [0.29, 0.717) is 5.69 Å². The lowest BCUT2D eigenvalue weighted by molar-refractivity contribution is 0.153. The highest BCUT2D eigenvalue weighted by Gasteiger charge is 2.05. The van der Waals surface area contributed by atoms with E-state index in [-0.39, 0.29) is 6.54 Å². The maximum absolute atomic E-state index is 10.4. The van der Waals surface area contributed by atoms with Crippen molar-refractivity contribution in [2.24, 2.45) is 0 Å². The zero-order chi connectivity index (χ0) is 8.97. The van der Waals surface area contributed by atoms with Crippen molar-refractivity contribution in [3.63, 3.8) is 0 Å². The Kier molecular flexibility index (Phi) is 2.57. The topological polar surface area (TPSA) is 66.3 Å². The van der Waals surface area contributed by atoms with Gasteiger partial charge in [0.15, 0.2) is 0 Å². The van der Waals surface area contributed by atoms with Gasteiger partial charge >= 0.3 is 6.09 Å². The molecule has 1 amide bonds. The monoisotopic (exact) mass is 167 g/mol. The molecule has 0 aromatic carbocycles. The molecule has 0 aliphatic heterocycles. The van der Waals surface area contributed by atoms with Crippen molar-refractivity contribution in [1.82, 2.24) is 14.9 Å². The van der Waals surface area contributed by atoms with Gasteiger partial charge in [-0.1, -0.05) is 0 Å². The molecular formula is C7H9N3O2. The largest absolute Gasteiger partial charge is 0.465 e. The third kappa shape index (κ3) is 2.19. The predicted molar refractivity (Wildman–Crippen MR) is 41.5 cm³/mol. The molecule has 1 aromatic rings. The predicted octanol–water partition coefficient (Wildman–Crippen LogP) is 0.586. The van der Waals surface area contributed by atoms with Crippen molar-refractivity contribution in [2.45, 2.75) is 6.54 Å². The highest BCUT2D eigenvalue weighted by molar-refractivity contribution is 5.64. The number of aromatic nitrogens is 2. The van der Waals surface area contributed by atoms with E-state index in [4.69, 9.17) is 5.11 Å². The standard InChI is InChI=1S/C7H9N3O2/c1-10(7(11)12)5-6-4-8-2-3-9-6/h2-4H,5H2,1H3,(H,11,12). The van der Waals surface area contributed by atoms with E-state index in [2.05, 4.69) is 9.97 Å². The van der Waals surface area contributed by atoms with Gasteiger partial charge in [-0.3, -0.25) is 9.97 Å². The third-order valence-electron chi connectivity index (χ3n) is 1.34. The van der Waals surface area contributed by atoms with Crippen LogP contribution in [0.4, 0.5) is 4.79 Å². The zero-order valence-electron chi connectivity index (χ0n) is 6.64. The van der Waals surface area contributed by atoms with Gasteiger partial charge in [0.2, 0.25) is 0 Å². The fourth-order valence-electron chi connectivity index (χ4n) is 0.722. The Morgan fingerprint density at radius 3 is 2.92 bits per heavy atom. The summed E-state index contributed by atoms with van der Waals surface area (Å²) in [5.74, 6) is 0. The molecule has 12 heavy (non-hydrogen) atoms. The molecule has 0 aliphatic carbocycles. The van der Waals surface area contributed by atoms with Gasteiger partial charge in [-0.2, -0.15) is 0 Å². The summed E-state index contributed by atoms with van der Waals surface area (Å²) >= 11 is 0. The normalized spacial score (nSPS) is 9.42. The van der Waals surface area contributed by atoms with Crippen molar-refractivity contribution >= 4 is 6.09 Å². The first-order valence-electron chi connectivity index (χ1n) is 3.39. The first-order valence-corrected chi connectivity index (χ1v) is 3.39. The number of hydrogen-bond acceptors (Lipinski definition) is 3. The second-order valence-corrected chi connectivity index (χ2v) is 2.34. The molecule has 0 spiro atoms. The van der Waals surface area contributed by atoms with Crippen LogP contribution in [0, 0.1) is 0 Å². The van der Waals surface area contributed by atoms with Crippen LogP contribution in [0.5, 0.6) is 0 Å². The maximum atomic E-state index is 10.4. The molecule has 5 heteroatoms. The number of hydrogen-bond donors (Lipinski definition) is 1. The van der Waals surface area contributed by atoms with Gasteiger partial charge in [-0.15, -0.1) is 0 Å². The molecule has 0 saturated carbocycles. The average Bonchev–Trinajstić information content (AvgIpc) is 2.06. The van der Waals surface area contributed by atoms with Crippen LogP contribution in [0.15, 0.2) is 18.6 Å². The molecule has 0 unspecified atom stereocenters. The minimum atomic E-state index is -0.972. The first kappa shape index (κ1) is 8.45. The van der Waals surface area contributed by atoms with Gasteiger partial charge < -0.3 is 10.0 Å². The molecule has 0 atom stereocenters. The van der Waals surface area contributed by atoms with E-state index in [1.165, 1.54) is 13.2 Å². The number of carbonyl (C=O) groups is 1. The molecule has 64 valence electrons. The molecule has 5 nitrogen and oxygen atoms in total. The lowest BCUT2D eigenvalue weighted by Gasteiger charge is -2.10. The lowest BCUT2D eigenvalue weighted by atomic mass is 10.4. The maximum Gasteiger partial charge on any atom is 0.407 e. The van der Waals surface area contributed by atoms with Crippen LogP contribution < -0.4 is 0 Å². The highest BCUT2D eigenvalue weighted by Crippen LogP contribution is 1.95. The molecular weight excluding hydrogens is 158 g/mol. The van der Waals surface area contributed by atoms with Gasteiger partial charge in [-0.25, -0.2) is 4.79 Å². The third-order valence-corrected chi connectivity index (χ3v) is 1.34. The van der Waals surface area contributed by atoms with Crippen molar-refractivity contribution in [3.8, 4) is 0 Å². The average molecular weight is 167 g/mol. The Morgan fingerprint density at radius 1 is 1.67 bits per heavy atom. The minimum Gasteiger partial charge on any atom is -0.465 e. The number of amides is 1. The second-order valence-electron chi connectivity index (χ2n) is 2.34. The quantitative estimate of drug-likeness (QED) is 0.699. The van der Waals surface area contributed by atoms with E-state index >= 15 is 0 Å². The van der Waals surface area contributed by atoms with E-state index in [1.807, 2.05) is 0 Å². The highest BCUT2D eigenvalue weighted by atomic mass is 16.4. The van der Waals surface area contributed by atoms with Gasteiger partial charge in [0.05, 0.1) is 18.4 Å². The van der Waals surface area contributed by atoms with E-state index < -0.39 is 6.09 Å². The summed E-state index contributed by atoms with van der Waals surface area (Å²) in [5.41, 5.74) is 0.641.